The average molecular weight is 427 g/mol. The van der Waals surface area contributed by atoms with Crippen molar-refractivity contribution in [3.8, 4) is 0 Å². The van der Waals surface area contributed by atoms with Crippen molar-refractivity contribution in [2.45, 2.75) is 43.6 Å². The lowest BCUT2D eigenvalue weighted by atomic mass is 9.88. The van der Waals surface area contributed by atoms with E-state index in [4.69, 9.17) is 19.9 Å². The highest BCUT2D eigenvalue weighted by molar-refractivity contribution is 5.96. The van der Waals surface area contributed by atoms with E-state index in [1.54, 1.807) is 14.2 Å². The van der Waals surface area contributed by atoms with Crippen molar-refractivity contribution in [1.82, 2.24) is 4.90 Å². The Kier molecular flexibility index (Phi) is 8.17. The number of rotatable bonds is 10. The maximum absolute atomic E-state index is 13.2. The van der Waals surface area contributed by atoms with E-state index in [9.17, 15) is 9.59 Å². The standard InChI is InChI=1S/C24H30N2O5/c1-29-22(30-2)15-19(18-11-7-4-8-12-18)14-21(25)23(27)26-20(16-31-24(26)28)13-17-9-5-3-6-10-17/h3-12,19-22H,13-16,25H2,1-2H3/t19?,20-,21?/m0/s1. The number of hydrogen-bond acceptors (Lipinski definition) is 6. The number of methoxy groups -OCH3 is 2. The van der Waals surface area contributed by atoms with E-state index in [2.05, 4.69) is 0 Å². The van der Waals surface area contributed by atoms with Gasteiger partial charge in [-0.05, 0) is 29.9 Å². The van der Waals surface area contributed by atoms with Crippen LogP contribution < -0.4 is 5.73 Å². The van der Waals surface area contributed by atoms with Gasteiger partial charge >= 0.3 is 6.09 Å². The molecule has 1 saturated heterocycles. The number of amides is 2. The van der Waals surface area contributed by atoms with Crippen molar-refractivity contribution in [2.75, 3.05) is 20.8 Å². The van der Waals surface area contributed by atoms with E-state index in [0.717, 1.165) is 11.1 Å². The van der Waals surface area contributed by atoms with Crippen LogP contribution in [0.5, 0.6) is 0 Å². The lowest BCUT2D eigenvalue weighted by Crippen LogP contribution is -2.49. The third-order valence-electron chi connectivity index (χ3n) is 5.64. The zero-order valence-corrected chi connectivity index (χ0v) is 18.0. The molecule has 0 spiro atoms. The summed E-state index contributed by atoms with van der Waals surface area (Å²) in [5.41, 5.74) is 8.40. The Morgan fingerprint density at radius 3 is 2.29 bits per heavy atom. The van der Waals surface area contributed by atoms with Gasteiger partial charge in [-0.15, -0.1) is 0 Å². The number of benzene rings is 2. The average Bonchev–Trinajstić information content (AvgIpc) is 3.16. The number of nitrogens with two attached hydrogens (primary N) is 1. The maximum atomic E-state index is 13.2. The predicted octanol–water partition coefficient (Wildman–Crippen LogP) is 3.09. The zero-order valence-electron chi connectivity index (χ0n) is 18.0. The minimum atomic E-state index is -0.858. The minimum absolute atomic E-state index is 0.0729. The van der Waals surface area contributed by atoms with Gasteiger partial charge in [0.15, 0.2) is 6.29 Å². The van der Waals surface area contributed by atoms with Gasteiger partial charge in [-0.2, -0.15) is 0 Å². The molecular formula is C24H30N2O5. The molecule has 1 fully saturated rings. The summed E-state index contributed by atoms with van der Waals surface area (Å²) in [6.45, 7) is 0.170. The fourth-order valence-corrected chi connectivity index (χ4v) is 3.97. The fraction of sp³-hybridized carbons (Fsp3) is 0.417. The largest absolute Gasteiger partial charge is 0.447 e. The molecule has 7 heteroatoms. The number of ether oxygens (including phenoxy) is 3. The van der Waals surface area contributed by atoms with E-state index >= 15 is 0 Å². The monoisotopic (exact) mass is 426 g/mol. The van der Waals surface area contributed by atoms with Crippen LogP contribution in [0.2, 0.25) is 0 Å². The summed E-state index contributed by atoms with van der Waals surface area (Å²) in [7, 11) is 3.16. The Hall–Kier alpha value is -2.74. The second-order valence-electron chi connectivity index (χ2n) is 7.72. The summed E-state index contributed by atoms with van der Waals surface area (Å²) >= 11 is 0. The molecule has 1 heterocycles. The topological polar surface area (TPSA) is 91.1 Å². The highest BCUT2D eigenvalue weighted by Gasteiger charge is 2.40. The number of imide groups is 1. The van der Waals surface area contributed by atoms with Crippen molar-refractivity contribution in [1.29, 1.82) is 0 Å². The quantitative estimate of drug-likeness (QED) is 0.587. The Balaban J connectivity index is 1.73. The number of hydrogen-bond donors (Lipinski definition) is 1. The Morgan fingerprint density at radius 1 is 1.06 bits per heavy atom. The molecule has 7 nitrogen and oxygen atoms in total. The first-order chi connectivity index (χ1) is 15.0. The van der Waals surface area contributed by atoms with E-state index in [1.165, 1.54) is 4.90 Å². The maximum Gasteiger partial charge on any atom is 0.417 e. The zero-order chi connectivity index (χ0) is 22.2. The summed E-state index contributed by atoms with van der Waals surface area (Å²) in [6, 6.07) is 18.3. The highest BCUT2D eigenvalue weighted by Crippen LogP contribution is 2.28. The molecule has 2 amide bonds. The van der Waals surface area contributed by atoms with E-state index < -0.39 is 24.3 Å². The number of nitrogens with zero attached hydrogens (tertiary/aromatic N) is 1. The molecule has 3 atom stereocenters. The summed E-state index contributed by atoms with van der Waals surface area (Å²) in [6.07, 6.45) is 0.367. The van der Waals surface area contributed by atoms with Crippen molar-refractivity contribution in [2.24, 2.45) is 5.73 Å². The molecule has 166 valence electrons. The molecule has 3 rings (SSSR count). The van der Waals surface area contributed by atoms with E-state index in [-0.39, 0.29) is 18.6 Å². The third-order valence-corrected chi connectivity index (χ3v) is 5.64. The van der Waals surface area contributed by atoms with Gasteiger partial charge in [0.25, 0.3) is 0 Å². The molecular weight excluding hydrogens is 396 g/mol. The first-order valence-electron chi connectivity index (χ1n) is 10.4. The van der Waals surface area contributed by atoms with Gasteiger partial charge in [0.2, 0.25) is 5.91 Å². The number of cyclic esters (lactones) is 1. The van der Waals surface area contributed by atoms with Crippen molar-refractivity contribution in [3.63, 3.8) is 0 Å². The minimum Gasteiger partial charge on any atom is -0.447 e. The van der Waals surface area contributed by atoms with Gasteiger partial charge < -0.3 is 19.9 Å². The lowest BCUT2D eigenvalue weighted by molar-refractivity contribution is -0.131. The highest BCUT2D eigenvalue weighted by atomic mass is 16.7. The molecule has 2 N–H and O–H groups in total. The normalized spacial score (nSPS) is 18.1. The van der Waals surface area contributed by atoms with Crippen molar-refractivity contribution < 1.29 is 23.8 Å². The van der Waals surface area contributed by atoms with Crippen molar-refractivity contribution >= 4 is 12.0 Å². The van der Waals surface area contributed by atoms with Gasteiger partial charge in [-0.25, -0.2) is 9.69 Å². The third kappa shape index (κ3) is 5.91. The van der Waals surface area contributed by atoms with Crippen LogP contribution in [0.4, 0.5) is 4.79 Å². The van der Waals surface area contributed by atoms with Gasteiger partial charge in [-0.1, -0.05) is 60.7 Å². The molecule has 1 aliphatic rings. The second-order valence-corrected chi connectivity index (χ2v) is 7.72. The predicted molar refractivity (Wildman–Crippen MR) is 116 cm³/mol. The van der Waals surface area contributed by atoms with Crippen LogP contribution in [0, 0.1) is 0 Å². The Labute approximate surface area is 183 Å². The Morgan fingerprint density at radius 2 is 1.68 bits per heavy atom. The van der Waals surface area contributed by atoms with Crippen LogP contribution in [0.25, 0.3) is 0 Å². The first-order valence-corrected chi connectivity index (χ1v) is 10.4. The van der Waals surface area contributed by atoms with E-state index in [0.29, 0.717) is 19.3 Å². The lowest BCUT2D eigenvalue weighted by Gasteiger charge is -2.27. The van der Waals surface area contributed by atoms with E-state index in [1.807, 2.05) is 60.7 Å². The molecule has 0 radical (unpaired) electrons. The van der Waals surface area contributed by atoms with Crippen LogP contribution in [-0.2, 0) is 25.4 Å². The second kappa shape index (κ2) is 11.0. The van der Waals surface area contributed by atoms with Gasteiger partial charge in [-0.3, -0.25) is 4.79 Å². The van der Waals surface area contributed by atoms with Crippen LogP contribution in [0.1, 0.15) is 29.9 Å². The molecule has 2 unspecified atom stereocenters. The van der Waals surface area contributed by atoms with Crippen LogP contribution in [-0.4, -0.2) is 56.1 Å². The molecule has 2 aromatic carbocycles. The summed E-state index contributed by atoms with van der Waals surface area (Å²) in [5.74, 6) is -0.494. The number of carbonyl (C=O) groups is 2. The summed E-state index contributed by atoms with van der Waals surface area (Å²) < 4.78 is 15.9. The van der Waals surface area contributed by atoms with Crippen LogP contribution >= 0.6 is 0 Å². The molecule has 1 aliphatic heterocycles. The van der Waals surface area contributed by atoms with Crippen LogP contribution in [0.3, 0.4) is 0 Å². The SMILES string of the molecule is COC(CC(CC(N)C(=O)N1C(=O)OC[C@@H]1Cc1ccccc1)c1ccccc1)OC. The summed E-state index contributed by atoms with van der Waals surface area (Å²) in [4.78, 5) is 26.7. The smallest absolute Gasteiger partial charge is 0.417 e. The molecule has 0 bridgehead atoms. The van der Waals surface area contributed by atoms with Crippen molar-refractivity contribution in [3.05, 3.63) is 71.8 Å². The molecule has 0 aliphatic carbocycles. The van der Waals surface area contributed by atoms with Gasteiger partial charge in [0.1, 0.15) is 6.61 Å². The Bertz CT molecular complexity index is 842. The molecule has 2 aromatic rings. The summed E-state index contributed by atoms with van der Waals surface area (Å²) in [5, 5.41) is 0. The van der Waals surface area contributed by atoms with Gasteiger partial charge in [0.05, 0.1) is 12.1 Å². The fourth-order valence-electron chi connectivity index (χ4n) is 3.97. The molecule has 0 saturated carbocycles. The van der Waals surface area contributed by atoms with Crippen LogP contribution in [0.15, 0.2) is 60.7 Å². The molecule has 0 aromatic heterocycles. The van der Waals surface area contributed by atoms with Gasteiger partial charge in [0, 0.05) is 20.6 Å². The first kappa shape index (κ1) is 22.9. The molecule has 31 heavy (non-hydrogen) atoms. The number of carbonyl (C=O) groups excluding carboxylic acids is 2.